The Morgan fingerprint density at radius 2 is 1.37 bits per heavy atom. The van der Waals surface area contributed by atoms with Crippen molar-refractivity contribution in [3.63, 3.8) is 0 Å². The van der Waals surface area contributed by atoms with E-state index in [4.69, 9.17) is 4.74 Å². The molecule has 3 N–H and O–H groups in total. The molecule has 0 spiro atoms. The molecular weight excluding hydrogens is 445 g/mol. The van der Waals surface area contributed by atoms with Gasteiger partial charge in [0.2, 0.25) is 0 Å². The molecule has 0 heterocycles. The molecule has 0 radical (unpaired) electrons. The first kappa shape index (κ1) is 23.5. The standard InChI is InChI=1S/C28H24FN3O3/c1-35-25-10-6-5-9-24(25)32-27(33)20-11-15-22(16-12-20)30-26(19-7-3-2-4-8-19)28(34)31-23-17-13-21(29)14-18-23/h2-18,26,30H,1H3,(H,31,34)(H,32,33). The van der Waals surface area contributed by atoms with Gasteiger partial charge in [0.15, 0.2) is 0 Å². The van der Waals surface area contributed by atoms with Gasteiger partial charge in [0.1, 0.15) is 17.6 Å². The molecule has 4 rings (SSSR count). The van der Waals surface area contributed by atoms with Gasteiger partial charge in [-0.1, -0.05) is 42.5 Å². The summed E-state index contributed by atoms with van der Waals surface area (Å²) >= 11 is 0. The Kier molecular flexibility index (Phi) is 7.37. The lowest BCUT2D eigenvalue weighted by Gasteiger charge is -2.20. The monoisotopic (exact) mass is 469 g/mol. The van der Waals surface area contributed by atoms with Crippen LogP contribution < -0.4 is 20.7 Å². The normalized spacial score (nSPS) is 11.3. The van der Waals surface area contributed by atoms with Crippen molar-refractivity contribution in [1.29, 1.82) is 0 Å². The first-order chi connectivity index (χ1) is 17.0. The van der Waals surface area contributed by atoms with Gasteiger partial charge in [0.05, 0.1) is 12.8 Å². The van der Waals surface area contributed by atoms with Crippen molar-refractivity contribution in [3.05, 3.63) is 120 Å². The summed E-state index contributed by atoms with van der Waals surface area (Å²) in [6, 6.07) is 28.1. The van der Waals surface area contributed by atoms with E-state index >= 15 is 0 Å². The largest absolute Gasteiger partial charge is 0.495 e. The second-order valence-electron chi connectivity index (χ2n) is 7.72. The zero-order valence-corrected chi connectivity index (χ0v) is 19.0. The minimum absolute atomic E-state index is 0.283. The average Bonchev–Trinajstić information content (AvgIpc) is 2.89. The predicted octanol–water partition coefficient (Wildman–Crippen LogP) is 5.88. The molecule has 2 amide bonds. The van der Waals surface area contributed by atoms with Gasteiger partial charge in [-0.15, -0.1) is 0 Å². The number of nitrogens with one attached hydrogen (secondary N) is 3. The molecular formula is C28H24FN3O3. The summed E-state index contributed by atoms with van der Waals surface area (Å²) in [6.45, 7) is 0. The van der Waals surface area contributed by atoms with E-state index in [2.05, 4.69) is 16.0 Å². The number of hydrogen-bond donors (Lipinski definition) is 3. The molecule has 4 aromatic carbocycles. The summed E-state index contributed by atoms with van der Waals surface area (Å²) in [5.74, 6) is -0.400. The summed E-state index contributed by atoms with van der Waals surface area (Å²) in [5, 5.41) is 8.87. The summed E-state index contributed by atoms with van der Waals surface area (Å²) in [7, 11) is 1.54. The first-order valence-electron chi connectivity index (χ1n) is 11.0. The molecule has 0 aromatic heterocycles. The minimum Gasteiger partial charge on any atom is -0.495 e. The molecule has 0 aliphatic heterocycles. The van der Waals surface area contributed by atoms with Crippen molar-refractivity contribution in [2.24, 2.45) is 0 Å². The smallest absolute Gasteiger partial charge is 0.255 e. The summed E-state index contributed by atoms with van der Waals surface area (Å²) in [4.78, 5) is 25.8. The van der Waals surface area contributed by atoms with Crippen LogP contribution in [0.4, 0.5) is 21.5 Å². The van der Waals surface area contributed by atoms with Crippen LogP contribution >= 0.6 is 0 Å². The fourth-order valence-electron chi connectivity index (χ4n) is 3.52. The highest BCUT2D eigenvalue weighted by molar-refractivity contribution is 6.05. The molecule has 0 aliphatic rings. The maximum Gasteiger partial charge on any atom is 0.255 e. The first-order valence-corrected chi connectivity index (χ1v) is 11.0. The lowest BCUT2D eigenvalue weighted by Crippen LogP contribution is -2.27. The van der Waals surface area contributed by atoms with E-state index in [0.29, 0.717) is 28.4 Å². The van der Waals surface area contributed by atoms with Crippen LogP contribution in [0.5, 0.6) is 5.75 Å². The van der Waals surface area contributed by atoms with Gasteiger partial charge in [0.25, 0.3) is 11.8 Å². The van der Waals surface area contributed by atoms with Gasteiger partial charge < -0.3 is 20.7 Å². The van der Waals surface area contributed by atoms with Crippen molar-refractivity contribution < 1.29 is 18.7 Å². The highest BCUT2D eigenvalue weighted by Crippen LogP contribution is 2.25. The number of benzene rings is 4. The van der Waals surface area contributed by atoms with Crippen LogP contribution in [0.1, 0.15) is 22.0 Å². The van der Waals surface area contributed by atoms with Crippen molar-refractivity contribution in [2.75, 3.05) is 23.1 Å². The fraction of sp³-hybridized carbons (Fsp3) is 0.0714. The Bertz CT molecular complexity index is 1290. The van der Waals surface area contributed by atoms with Crippen molar-refractivity contribution >= 4 is 28.9 Å². The second kappa shape index (κ2) is 11.0. The zero-order chi connectivity index (χ0) is 24.6. The summed E-state index contributed by atoms with van der Waals surface area (Å²) < 4.78 is 18.5. The van der Waals surface area contributed by atoms with E-state index in [1.54, 1.807) is 43.5 Å². The number of ether oxygens (including phenoxy) is 1. The quantitative estimate of drug-likeness (QED) is 0.301. The van der Waals surface area contributed by atoms with Crippen LogP contribution in [-0.2, 0) is 4.79 Å². The number of amides is 2. The third kappa shape index (κ3) is 6.03. The Morgan fingerprint density at radius 3 is 2.06 bits per heavy atom. The van der Waals surface area contributed by atoms with Crippen molar-refractivity contribution in [3.8, 4) is 5.75 Å². The van der Waals surface area contributed by atoms with Crippen LogP contribution in [0.2, 0.25) is 0 Å². The molecule has 0 saturated heterocycles. The number of carbonyl (C=O) groups excluding carboxylic acids is 2. The lowest BCUT2D eigenvalue weighted by atomic mass is 10.0. The number of para-hydroxylation sites is 2. The van der Waals surface area contributed by atoms with E-state index in [9.17, 15) is 14.0 Å². The van der Waals surface area contributed by atoms with Crippen LogP contribution in [-0.4, -0.2) is 18.9 Å². The summed E-state index contributed by atoms with van der Waals surface area (Å²) in [6.07, 6.45) is 0. The average molecular weight is 470 g/mol. The topological polar surface area (TPSA) is 79.5 Å². The molecule has 1 unspecified atom stereocenters. The highest BCUT2D eigenvalue weighted by atomic mass is 19.1. The molecule has 1 atom stereocenters. The van der Waals surface area contributed by atoms with Gasteiger partial charge in [-0.2, -0.15) is 0 Å². The number of anilines is 3. The van der Waals surface area contributed by atoms with Gasteiger partial charge in [-0.05, 0) is 66.2 Å². The maximum absolute atomic E-state index is 13.2. The molecule has 35 heavy (non-hydrogen) atoms. The Labute approximate surface area is 202 Å². The molecule has 6 nitrogen and oxygen atoms in total. The minimum atomic E-state index is -0.713. The third-order valence-electron chi connectivity index (χ3n) is 5.32. The highest BCUT2D eigenvalue weighted by Gasteiger charge is 2.21. The second-order valence-corrected chi connectivity index (χ2v) is 7.72. The zero-order valence-electron chi connectivity index (χ0n) is 19.0. The van der Waals surface area contributed by atoms with Crippen molar-refractivity contribution in [2.45, 2.75) is 6.04 Å². The van der Waals surface area contributed by atoms with Crippen LogP contribution in [0, 0.1) is 5.82 Å². The van der Waals surface area contributed by atoms with Gasteiger partial charge in [-0.3, -0.25) is 9.59 Å². The van der Waals surface area contributed by atoms with Crippen molar-refractivity contribution in [1.82, 2.24) is 0 Å². The van der Waals surface area contributed by atoms with E-state index in [1.807, 2.05) is 42.5 Å². The van der Waals surface area contributed by atoms with E-state index in [0.717, 1.165) is 5.56 Å². The number of rotatable bonds is 8. The molecule has 0 aliphatic carbocycles. The molecule has 0 fully saturated rings. The van der Waals surface area contributed by atoms with E-state index in [1.165, 1.54) is 24.3 Å². The molecule has 0 bridgehead atoms. The Morgan fingerprint density at radius 1 is 0.743 bits per heavy atom. The molecule has 4 aromatic rings. The van der Waals surface area contributed by atoms with E-state index in [-0.39, 0.29) is 17.6 Å². The SMILES string of the molecule is COc1ccccc1NC(=O)c1ccc(NC(C(=O)Nc2ccc(F)cc2)c2ccccc2)cc1. The number of methoxy groups -OCH3 is 1. The van der Waals surface area contributed by atoms with Crippen LogP contribution in [0.25, 0.3) is 0 Å². The number of carbonyl (C=O) groups is 2. The van der Waals surface area contributed by atoms with E-state index < -0.39 is 6.04 Å². The summed E-state index contributed by atoms with van der Waals surface area (Å²) in [5.41, 5.74) is 2.92. The molecule has 7 heteroatoms. The Balaban J connectivity index is 1.49. The maximum atomic E-state index is 13.2. The number of halogens is 1. The van der Waals surface area contributed by atoms with Gasteiger partial charge in [-0.25, -0.2) is 4.39 Å². The van der Waals surface area contributed by atoms with Gasteiger partial charge >= 0.3 is 0 Å². The van der Waals surface area contributed by atoms with Crippen LogP contribution in [0.3, 0.4) is 0 Å². The number of hydrogen-bond acceptors (Lipinski definition) is 4. The molecule has 0 saturated carbocycles. The Hall–Kier alpha value is -4.65. The van der Waals surface area contributed by atoms with Gasteiger partial charge in [0, 0.05) is 16.9 Å². The lowest BCUT2D eigenvalue weighted by molar-refractivity contribution is -0.117. The molecule has 176 valence electrons. The van der Waals surface area contributed by atoms with Crippen LogP contribution in [0.15, 0.2) is 103 Å². The fourth-order valence-corrected chi connectivity index (χ4v) is 3.52. The third-order valence-corrected chi connectivity index (χ3v) is 5.32. The predicted molar refractivity (Wildman–Crippen MR) is 135 cm³/mol.